The Morgan fingerprint density at radius 3 is 2.40 bits per heavy atom. The maximum Gasteiger partial charge on any atom is 0.412 e. The zero-order chi connectivity index (χ0) is 15.5. The van der Waals surface area contributed by atoms with Crippen LogP contribution in [0, 0.1) is 0 Å². The molecule has 6 nitrogen and oxygen atoms in total. The molecule has 6 heteroatoms. The molecule has 1 amide bonds. The van der Waals surface area contributed by atoms with Gasteiger partial charge in [0.25, 0.3) is 0 Å². The molecule has 0 radical (unpaired) electrons. The maximum absolute atomic E-state index is 11.6. The molecule has 0 aliphatic carbocycles. The third-order valence-electron chi connectivity index (χ3n) is 2.53. The molecule has 1 rings (SSSR count). The van der Waals surface area contributed by atoms with E-state index >= 15 is 0 Å². The lowest BCUT2D eigenvalue weighted by molar-refractivity contribution is -0.138. The fraction of sp³-hybridized carbons (Fsp3) is 0.429. The van der Waals surface area contributed by atoms with Crippen molar-refractivity contribution >= 4 is 17.7 Å². The van der Waals surface area contributed by atoms with Crippen LogP contribution in [0.25, 0.3) is 0 Å². The normalized spacial score (nSPS) is 12.6. The van der Waals surface area contributed by atoms with Crippen molar-refractivity contribution in [1.82, 2.24) is 0 Å². The lowest BCUT2D eigenvalue weighted by atomic mass is 10.0. The second kappa shape index (κ2) is 5.81. The van der Waals surface area contributed by atoms with Crippen molar-refractivity contribution in [3.63, 3.8) is 0 Å². The minimum absolute atomic E-state index is 0.116. The minimum Gasteiger partial charge on any atom is -0.506 e. The number of phenolic OH excluding ortho intramolecular Hbond substituents is 1. The summed E-state index contributed by atoms with van der Waals surface area (Å²) in [6, 6.07) is 4.24. The molecule has 0 saturated heterocycles. The summed E-state index contributed by atoms with van der Waals surface area (Å²) in [5.74, 6) is -1.88. The van der Waals surface area contributed by atoms with E-state index in [2.05, 4.69) is 5.32 Å². The molecule has 110 valence electrons. The van der Waals surface area contributed by atoms with Crippen LogP contribution >= 0.6 is 0 Å². The predicted octanol–water partition coefficient (Wildman–Crippen LogP) is 2.93. The number of carboxylic acids is 1. The molecule has 1 aromatic carbocycles. The quantitative estimate of drug-likeness (QED) is 0.740. The van der Waals surface area contributed by atoms with Crippen molar-refractivity contribution in [2.45, 2.75) is 39.2 Å². The van der Waals surface area contributed by atoms with Crippen LogP contribution in [0.2, 0.25) is 0 Å². The minimum atomic E-state index is -0.987. The van der Waals surface area contributed by atoms with E-state index < -0.39 is 23.6 Å². The number of aliphatic carboxylic acids is 1. The van der Waals surface area contributed by atoms with Gasteiger partial charge < -0.3 is 14.9 Å². The zero-order valence-electron chi connectivity index (χ0n) is 11.9. The smallest absolute Gasteiger partial charge is 0.412 e. The van der Waals surface area contributed by atoms with Crippen LogP contribution in [0.1, 0.15) is 39.2 Å². The number of carbonyl (C=O) groups is 2. The Bertz CT molecular complexity index is 519. The Morgan fingerprint density at radius 1 is 1.30 bits per heavy atom. The van der Waals surface area contributed by atoms with Crippen molar-refractivity contribution in [2.24, 2.45) is 0 Å². The SMILES string of the molecule is CC(C(=O)O)c1ccc(O)c(NC(=O)OC(C)(C)C)c1. The first-order chi connectivity index (χ1) is 9.10. The molecule has 0 bridgehead atoms. The highest BCUT2D eigenvalue weighted by Crippen LogP contribution is 2.28. The van der Waals surface area contributed by atoms with Gasteiger partial charge in [-0.1, -0.05) is 6.07 Å². The molecule has 1 aromatic rings. The van der Waals surface area contributed by atoms with Gasteiger partial charge in [-0.3, -0.25) is 10.1 Å². The number of hydrogen-bond donors (Lipinski definition) is 3. The summed E-state index contributed by atoms with van der Waals surface area (Å²) in [6.45, 7) is 6.67. The van der Waals surface area contributed by atoms with E-state index in [-0.39, 0.29) is 11.4 Å². The van der Waals surface area contributed by atoms with Crippen molar-refractivity contribution in [3.8, 4) is 5.75 Å². The Hall–Kier alpha value is -2.24. The van der Waals surface area contributed by atoms with Gasteiger partial charge >= 0.3 is 12.1 Å². The van der Waals surface area contributed by atoms with Gasteiger partial charge in [0.1, 0.15) is 11.4 Å². The average Bonchev–Trinajstić information content (AvgIpc) is 2.28. The van der Waals surface area contributed by atoms with Crippen LogP contribution in [-0.2, 0) is 9.53 Å². The largest absolute Gasteiger partial charge is 0.506 e. The summed E-state index contributed by atoms with van der Waals surface area (Å²) in [4.78, 5) is 22.6. The highest BCUT2D eigenvalue weighted by atomic mass is 16.6. The maximum atomic E-state index is 11.6. The van der Waals surface area contributed by atoms with Crippen LogP contribution < -0.4 is 5.32 Å². The number of rotatable bonds is 3. The Morgan fingerprint density at radius 2 is 1.90 bits per heavy atom. The molecule has 0 fully saturated rings. The number of amides is 1. The van der Waals surface area contributed by atoms with Gasteiger partial charge in [0, 0.05) is 0 Å². The molecule has 0 aliphatic heterocycles. The fourth-order valence-electron chi connectivity index (χ4n) is 1.48. The van der Waals surface area contributed by atoms with Gasteiger partial charge in [0.15, 0.2) is 0 Å². The molecule has 3 N–H and O–H groups in total. The standard InChI is InChI=1S/C14H19NO5/c1-8(12(17)18)9-5-6-11(16)10(7-9)15-13(19)20-14(2,3)4/h5-8,16H,1-4H3,(H,15,19)(H,17,18). The van der Waals surface area contributed by atoms with Crippen molar-refractivity contribution in [2.75, 3.05) is 5.32 Å². The number of nitrogens with one attached hydrogen (secondary N) is 1. The van der Waals surface area contributed by atoms with Crippen LogP contribution in [0.15, 0.2) is 18.2 Å². The first-order valence-electron chi connectivity index (χ1n) is 6.16. The van der Waals surface area contributed by atoms with Crippen LogP contribution in [-0.4, -0.2) is 27.9 Å². The van der Waals surface area contributed by atoms with E-state index in [1.165, 1.54) is 25.1 Å². The topological polar surface area (TPSA) is 95.9 Å². The number of phenols is 1. The van der Waals surface area contributed by atoms with Gasteiger partial charge in [0.2, 0.25) is 0 Å². The van der Waals surface area contributed by atoms with Gasteiger partial charge in [-0.15, -0.1) is 0 Å². The Labute approximate surface area is 117 Å². The second-order valence-electron chi connectivity index (χ2n) is 5.46. The van der Waals surface area contributed by atoms with E-state index in [0.29, 0.717) is 5.56 Å². The third kappa shape index (κ3) is 4.46. The number of ether oxygens (including phenoxy) is 1. The number of carbonyl (C=O) groups excluding carboxylic acids is 1. The molecule has 0 aromatic heterocycles. The van der Waals surface area contributed by atoms with Crippen molar-refractivity contribution in [3.05, 3.63) is 23.8 Å². The molecule has 0 aliphatic rings. The molecular weight excluding hydrogens is 262 g/mol. The lowest BCUT2D eigenvalue weighted by Gasteiger charge is -2.20. The molecule has 0 heterocycles. The summed E-state index contributed by atoms with van der Waals surface area (Å²) in [5, 5.41) is 21.0. The zero-order valence-corrected chi connectivity index (χ0v) is 11.9. The Kier molecular flexibility index (Phi) is 4.60. The fourth-order valence-corrected chi connectivity index (χ4v) is 1.48. The summed E-state index contributed by atoms with van der Waals surface area (Å²) < 4.78 is 5.07. The number of benzene rings is 1. The van der Waals surface area contributed by atoms with Crippen molar-refractivity contribution in [1.29, 1.82) is 0 Å². The second-order valence-corrected chi connectivity index (χ2v) is 5.46. The van der Waals surface area contributed by atoms with E-state index in [1.54, 1.807) is 20.8 Å². The van der Waals surface area contributed by atoms with Crippen molar-refractivity contribution < 1.29 is 24.5 Å². The van der Waals surface area contributed by atoms with Gasteiger partial charge in [-0.05, 0) is 45.4 Å². The Balaban J connectivity index is 2.92. The molecule has 20 heavy (non-hydrogen) atoms. The molecule has 1 atom stereocenters. The molecule has 1 unspecified atom stereocenters. The number of hydrogen-bond acceptors (Lipinski definition) is 4. The molecule has 0 saturated carbocycles. The van der Waals surface area contributed by atoms with Crippen LogP contribution in [0.5, 0.6) is 5.75 Å². The summed E-state index contributed by atoms with van der Waals surface area (Å²) in [6.07, 6.45) is -0.715. The molecule has 0 spiro atoms. The summed E-state index contributed by atoms with van der Waals surface area (Å²) >= 11 is 0. The average molecular weight is 281 g/mol. The van der Waals surface area contributed by atoms with Crippen LogP contribution in [0.4, 0.5) is 10.5 Å². The summed E-state index contributed by atoms with van der Waals surface area (Å²) in [5.41, 5.74) is -0.0720. The van der Waals surface area contributed by atoms with E-state index in [9.17, 15) is 14.7 Å². The van der Waals surface area contributed by atoms with Gasteiger partial charge in [0.05, 0.1) is 11.6 Å². The lowest BCUT2D eigenvalue weighted by Crippen LogP contribution is -2.27. The monoisotopic (exact) mass is 281 g/mol. The predicted molar refractivity (Wildman–Crippen MR) is 74.0 cm³/mol. The van der Waals surface area contributed by atoms with E-state index in [4.69, 9.17) is 9.84 Å². The molecular formula is C14H19NO5. The van der Waals surface area contributed by atoms with Gasteiger partial charge in [-0.2, -0.15) is 0 Å². The first kappa shape index (κ1) is 15.8. The van der Waals surface area contributed by atoms with E-state index in [1.807, 2.05) is 0 Å². The van der Waals surface area contributed by atoms with Crippen LogP contribution in [0.3, 0.4) is 0 Å². The number of anilines is 1. The highest BCUT2D eigenvalue weighted by Gasteiger charge is 2.19. The first-order valence-corrected chi connectivity index (χ1v) is 6.16. The highest BCUT2D eigenvalue weighted by molar-refractivity contribution is 5.87. The third-order valence-corrected chi connectivity index (χ3v) is 2.53. The number of carboxylic acid groups (broad SMARTS) is 1. The van der Waals surface area contributed by atoms with Gasteiger partial charge in [-0.25, -0.2) is 4.79 Å². The summed E-state index contributed by atoms with van der Waals surface area (Å²) in [7, 11) is 0. The number of aromatic hydroxyl groups is 1. The van der Waals surface area contributed by atoms with E-state index in [0.717, 1.165) is 0 Å².